The van der Waals surface area contributed by atoms with Gasteiger partial charge in [0.15, 0.2) is 0 Å². The molecule has 0 aliphatic heterocycles. The minimum atomic E-state index is -4.26. The van der Waals surface area contributed by atoms with Crippen LogP contribution in [0.2, 0.25) is 0 Å². The van der Waals surface area contributed by atoms with E-state index < -0.39 is 15.9 Å². The van der Waals surface area contributed by atoms with Gasteiger partial charge in [-0.1, -0.05) is 0 Å². The van der Waals surface area contributed by atoms with Crippen LogP contribution in [0.5, 0.6) is 0 Å². The van der Waals surface area contributed by atoms with Crippen LogP contribution in [0.15, 0.2) is 7.18 Å². The summed E-state index contributed by atoms with van der Waals surface area (Å²) in [5.41, 5.74) is 0. The summed E-state index contributed by atoms with van der Waals surface area (Å²) in [4.78, 5) is 0. The van der Waals surface area contributed by atoms with Gasteiger partial charge in [-0.3, -0.25) is 0 Å². The third-order valence-electron chi connectivity index (χ3n) is 2.22. The number of alkyl halides is 3. The van der Waals surface area contributed by atoms with Crippen LogP contribution in [0.4, 0.5) is 13.2 Å². The Morgan fingerprint density at radius 2 is 1.75 bits per heavy atom. The normalized spacial score (nSPS) is 15.8. The van der Waals surface area contributed by atoms with Gasteiger partial charge >= 0.3 is 122 Å². The van der Waals surface area contributed by atoms with E-state index in [1.807, 2.05) is 0 Å². The first kappa shape index (κ1) is 17.1. The molecule has 0 aromatic heterocycles. The van der Waals surface area contributed by atoms with Crippen molar-refractivity contribution in [3.8, 4) is 0 Å². The van der Waals surface area contributed by atoms with Crippen LogP contribution in [0.3, 0.4) is 0 Å². The zero-order valence-electron chi connectivity index (χ0n) is 9.19. The van der Waals surface area contributed by atoms with Crippen LogP contribution in [-0.4, -0.2) is 62.4 Å². The summed E-state index contributed by atoms with van der Waals surface area (Å²) in [5, 5.41) is 9.63. The molecule has 0 bridgehead atoms. The van der Waals surface area contributed by atoms with Crippen molar-refractivity contribution in [3.05, 3.63) is 7.18 Å². The van der Waals surface area contributed by atoms with Crippen molar-refractivity contribution in [2.45, 2.75) is 51.3 Å². The quantitative estimate of drug-likeness (QED) is 0.492. The van der Waals surface area contributed by atoms with E-state index in [2.05, 4.69) is 6.92 Å². The SMILES string of the molecule is CCCCCCC(O)/[C]([Sn+])=[C](/[Sn+])C(F)(F)F. The average Bonchev–Trinajstić information content (AvgIpc) is 2.20. The van der Waals surface area contributed by atoms with Crippen molar-refractivity contribution < 1.29 is 18.3 Å². The van der Waals surface area contributed by atoms with E-state index in [9.17, 15) is 18.3 Å². The molecule has 16 heavy (non-hydrogen) atoms. The number of hydrogen-bond acceptors (Lipinski definition) is 1. The van der Waals surface area contributed by atoms with Gasteiger partial charge in [0.05, 0.1) is 0 Å². The number of rotatable bonds is 6. The van der Waals surface area contributed by atoms with Gasteiger partial charge in [0.1, 0.15) is 0 Å². The van der Waals surface area contributed by atoms with Crippen molar-refractivity contribution in [1.29, 1.82) is 0 Å². The summed E-state index contributed by atoms with van der Waals surface area (Å²) < 4.78 is 36.7. The molecule has 1 atom stereocenters. The first-order valence-corrected chi connectivity index (χ1v) is 8.08. The third-order valence-corrected chi connectivity index (χ3v) is 7.50. The van der Waals surface area contributed by atoms with Crippen LogP contribution >= 0.6 is 0 Å². The molecule has 0 fully saturated rings. The Labute approximate surface area is 121 Å². The molecule has 0 saturated heterocycles. The monoisotopic (exact) mass is 448 g/mol. The molecule has 0 saturated carbocycles. The molecule has 0 aliphatic rings. The number of unbranched alkanes of at least 4 members (excludes halogenated alkanes) is 3. The number of aliphatic hydroxyl groups is 1. The van der Waals surface area contributed by atoms with Gasteiger partial charge in [0, 0.05) is 0 Å². The van der Waals surface area contributed by atoms with Crippen LogP contribution < -0.4 is 0 Å². The van der Waals surface area contributed by atoms with Crippen molar-refractivity contribution >= 4 is 45.0 Å². The first-order chi connectivity index (χ1) is 7.30. The summed E-state index contributed by atoms with van der Waals surface area (Å²) in [6, 6.07) is 0. The Morgan fingerprint density at radius 1 is 1.19 bits per heavy atom. The van der Waals surface area contributed by atoms with Gasteiger partial charge in [-0.15, -0.1) is 0 Å². The molecule has 0 aliphatic carbocycles. The summed E-state index contributed by atoms with van der Waals surface area (Å²) >= 11 is 1.01. The van der Waals surface area contributed by atoms with Crippen molar-refractivity contribution in [1.82, 2.24) is 0 Å². The van der Waals surface area contributed by atoms with Crippen LogP contribution in [-0.2, 0) is 0 Å². The predicted molar refractivity (Wildman–Crippen MR) is 59.4 cm³/mol. The molecular formula is C10H15F3OSn2+2. The van der Waals surface area contributed by atoms with E-state index in [-0.39, 0.29) is 3.59 Å². The van der Waals surface area contributed by atoms with Crippen molar-refractivity contribution in [2.24, 2.45) is 0 Å². The standard InChI is InChI=1S/C10H15F3O.2Sn/c1-2-3-4-5-6-9(14)7-8-10(11,12)13;;/h9,14H,2-6H2,1H3;;/q;2*+1. The van der Waals surface area contributed by atoms with Gasteiger partial charge in [-0.25, -0.2) is 0 Å². The molecule has 0 aromatic rings. The second-order valence-electron chi connectivity index (χ2n) is 3.65. The molecule has 0 rings (SSSR count). The number of halogens is 3. The number of hydrogen-bond donors (Lipinski definition) is 1. The Kier molecular flexibility index (Phi) is 8.79. The molecule has 0 amide bonds. The molecule has 0 heterocycles. The second-order valence-corrected chi connectivity index (χ2v) is 6.62. The van der Waals surface area contributed by atoms with Gasteiger partial charge < -0.3 is 0 Å². The molecule has 0 aromatic carbocycles. The molecule has 4 radical (unpaired) electrons. The van der Waals surface area contributed by atoms with E-state index in [4.69, 9.17) is 0 Å². The molecular weight excluding hydrogens is 431 g/mol. The number of aliphatic hydroxyl groups excluding tert-OH is 1. The zero-order chi connectivity index (χ0) is 12.8. The molecule has 1 N–H and O–H groups in total. The fourth-order valence-corrected chi connectivity index (χ4v) is 2.52. The predicted octanol–water partition coefficient (Wildman–Crippen LogP) is 2.43. The molecule has 1 nitrogen and oxygen atoms in total. The summed E-state index contributed by atoms with van der Waals surface area (Å²) in [5.74, 6) is 0. The Hall–Kier alpha value is 1.09. The minimum absolute atomic E-state index is 0.175. The Balaban J connectivity index is 4.22. The van der Waals surface area contributed by atoms with E-state index in [1.54, 1.807) is 0 Å². The van der Waals surface area contributed by atoms with Crippen molar-refractivity contribution in [2.75, 3.05) is 0 Å². The van der Waals surface area contributed by atoms with E-state index in [0.717, 1.165) is 25.7 Å². The topological polar surface area (TPSA) is 20.2 Å². The molecule has 1 unspecified atom stereocenters. The summed E-state index contributed by atoms with van der Waals surface area (Å²) in [7, 11) is 0. The fourth-order valence-electron chi connectivity index (χ4n) is 1.23. The molecule has 6 heteroatoms. The molecule has 0 spiro atoms. The van der Waals surface area contributed by atoms with Crippen LogP contribution in [0.1, 0.15) is 39.0 Å². The Morgan fingerprint density at radius 3 is 2.19 bits per heavy atom. The van der Waals surface area contributed by atoms with Gasteiger partial charge in [0.25, 0.3) is 0 Å². The van der Waals surface area contributed by atoms with Gasteiger partial charge in [0.2, 0.25) is 0 Å². The third kappa shape index (κ3) is 6.73. The maximum atomic E-state index is 12.4. The second kappa shape index (κ2) is 8.24. The zero-order valence-corrected chi connectivity index (χ0v) is 14.9. The fraction of sp³-hybridized carbons (Fsp3) is 0.800. The van der Waals surface area contributed by atoms with Crippen LogP contribution in [0.25, 0.3) is 0 Å². The summed E-state index contributed by atoms with van der Waals surface area (Å²) in [6.07, 6.45) is -0.763. The van der Waals surface area contributed by atoms with E-state index in [0.29, 0.717) is 51.5 Å². The number of allylic oxidation sites excluding steroid dienone is 1. The van der Waals surface area contributed by atoms with E-state index >= 15 is 0 Å². The Bertz CT molecular complexity index is 239. The van der Waals surface area contributed by atoms with E-state index in [1.165, 1.54) is 0 Å². The van der Waals surface area contributed by atoms with Crippen molar-refractivity contribution in [3.63, 3.8) is 0 Å². The van der Waals surface area contributed by atoms with Gasteiger partial charge in [-0.05, 0) is 0 Å². The summed E-state index contributed by atoms with van der Waals surface area (Å²) in [6.45, 7) is 2.07. The average molecular weight is 446 g/mol. The van der Waals surface area contributed by atoms with Crippen LogP contribution in [0, 0.1) is 0 Å². The molecule has 88 valence electrons. The maximum absolute atomic E-state index is 12.4. The van der Waals surface area contributed by atoms with Gasteiger partial charge in [-0.2, -0.15) is 0 Å². The first-order valence-electron chi connectivity index (χ1n) is 5.23.